The molecule has 2 aromatic rings. The molecule has 1 amide bonds. The molecule has 29 heavy (non-hydrogen) atoms. The summed E-state index contributed by atoms with van der Waals surface area (Å²) in [6, 6.07) is 10.8. The molecule has 0 radical (unpaired) electrons. The molecule has 0 aromatic heterocycles. The van der Waals surface area contributed by atoms with Gasteiger partial charge in [0.25, 0.3) is 5.91 Å². The molecule has 5 nitrogen and oxygen atoms in total. The number of ether oxygens (including phenoxy) is 3. The molecular weight excluding hydrogens is 387 g/mol. The third-order valence-corrected chi connectivity index (χ3v) is 5.01. The Morgan fingerprint density at radius 2 is 1.79 bits per heavy atom. The Labute approximate surface area is 166 Å². The van der Waals surface area contributed by atoms with E-state index in [1.165, 1.54) is 24.3 Å². The number of alkyl halides is 3. The minimum atomic E-state index is -4.74. The van der Waals surface area contributed by atoms with Gasteiger partial charge in [0.1, 0.15) is 18.1 Å². The number of carbonyl (C=O) groups is 1. The zero-order chi connectivity index (χ0) is 20.6. The molecule has 0 bridgehead atoms. The van der Waals surface area contributed by atoms with Crippen molar-refractivity contribution in [2.24, 2.45) is 5.41 Å². The summed E-state index contributed by atoms with van der Waals surface area (Å²) in [6.07, 6.45) is -4.74. The number of hydrogen-bond acceptors (Lipinski definition) is 4. The van der Waals surface area contributed by atoms with Gasteiger partial charge in [-0.25, -0.2) is 0 Å². The molecule has 4 rings (SSSR count). The van der Waals surface area contributed by atoms with E-state index in [2.05, 4.69) is 11.7 Å². The first kappa shape index (κ1) is 19.6. The fourth-order valence-electron chi connectivity index (χ4n) is 3.54. The van der Waals surface area contributed by atoms with Crippen molar-refractivity contribution in [3.05, 3.63) is 48.0 Å². The van der Waals surface area contributed by atoms with Crippen LogP contribution in [0.1, 0.15) is 17.3 Å². The van der Waals surface area contributed by atoms with E-state index in [0.29, 0.717) is 55.4 Å². The molecule has 0 spiro atoms. The van der Waals surface area contributed by atoms with Gasteiger partial charge in [0, 0.05) is 12.0 Å². The molecule has 1 saturated heterocycles. The largest absolute Gasteiger partial charge is 0.573 e. The van der Waals surface area contributed by atoms with Gasteiger partial charge in [0.2, 0.25) is 0 Å². The lowest BCUT2D eigenvalue weighted by Gasteiger charge is -2.41. The van der Waals surface area contributed by atoms with Crippen LogP contribution < -0.4 is 9.47 Å². The zero-order valence-corrected chi connectivity index (χ0v) is 15.8. The average Bonchev–Trinajstić information content (AvgIpc) is 2.79. The first-order chi connectivity index (χ1) is 13.7. The molecule has 0 saturated carbocycles. The highest BCUT2D eigenvalue weighted by Gasteiger charge is 2.38. The molecule has 0 atom stereocenters. The van der Waals surface area contributed by atoms with Crippen LogP contribution in [-0.2, 0) is 4.74 Å². The second kappa shape index (κ2) is 7.26. The summed E-state index contributed by atoms with van der Waals surface area (Å²) in [5.41, 5.74) is 1.77. The lowest BCUT2D eigenvalue weighted by Crippen LogP contribution is -2.50. The van der Waals surface area contributed by atoms with Crippen LogP contribution in [0.3, 0.4) is 0 Å². The third kappa shape index (κ3) is 4.32. The summed E-state index contributed by atoms with van der Waals surface area (Å²) in [4.78, 5) is 14.9. The Bertz CT molecular complexity index is 907. The summed E-state index contributed by atoms with van der Waals surface area (Å²) in [5, 5.41) is 0. The highest BCUT2D eigenvalue weighted by molar-refractivity contribution is 5.98. The van der Waals surface area contributed by atoms with Crippen molar-refractivity contribution in [3.8, 4) is 22.6 Å². The lowest BCUT2D eigenvalue weighted by atomic mass is 9.88. The summed E-state index contributed by atoms with van der Waals surface area (Å²) in [7, 11) is 0. The van der Waals surface area contributed by atoms with E-state index in [-0.39, 0.29) is 17.1 Å². The smallest absolute Gasteiger partial charge is 0.491 e. The van der Waals surface area contributed by atoms with Crippen molar-refractivity contribution in [2.75, 3.05) is 32.9 Å². The van der Waals surface area contributed by atoms with Gasteiger partial charge in [-0.3, -0.25) is 4.79 Å². The minimum Gasteiger partial charge on any atom is -0.491 e. The topological polar surface area (TPSA) is 48.0 Å². The van der Waals surface area contributed by atoms with E-state index in [1.54, 1.807) is 23.1 Å². The number of carbonyl (C=O) groups excluding carboxylic acids is 1. The van der Waals surface area contributed by atoms with Gasteiger partial charge in [0.05, 0.1) is 25.3 Å². The Kier molecular flexibility index (Phi) is 4.90. The van der Waals surface area contributed by atoms with Gasteiger partial charge < -0.3 is 19.1 Å². The fourth-order valence-corrected chi connectivity index (χ4v) is 3.54. The van der Waals surface area contributed by atoms with Gasteiger partial charge in [-0.05, 0) is 35.4 Å². The molecule has 154 valence electrons. The number of nitrogens with zero attached hydrogens (tertiary/aromatic N) is 1. The van der Waals surface area contributed by atoms with Crippen LogP contribution in [-0.4, -0.2) is 50.1 Å². The van der Waals surface area contributed by atoms with Gasteiger partial charge >= 0.3 is 6.36 Å². The predicted octanol–water partition coefficient (Wildman–Crippen LogP) is 4.12. The Morgan fingerprint density at radius 3 is 2.41 bits per heavy atom. The van der Waals surface area contributed by atoms with Crippen LogP contribution in [0.4, 0.5) is 13.2 Å². The monoisotopic (exact) mass is 407 g/mol. The van der Waals surface area contributed by atoms with Crippen molar-refractivity contribution in [1.29, 1.82) is 0 Å². The predicted molar refractivity (Wildman–Crippen MR) is 98.9 cm³/mol. The maximum absolute atomic E-state index is 13.1. The Hall–Kier alpha value is -2.74. The number of hydrogen-bond donors (Lipinski definition) is 0. The minimum absolute atomic E-state index is 0.0495. The molecule has 0 aliphatic carbocycles. The fraction of sp³-hybridized carbons (Fsp3) is 0.381. The van der Waals surface area contributed by atoms with Crippen LogP contribution in [0.25, 0.3) is 11.1 Å². The van der Waals surface area contributed by atoms with E-state index in [4.69, 9.17) is 9.47 Å². The zero-order valence-electron chi connectivity index (χ0n) is 15.8. The van der Waals surface area contributed by atoms with Gasteiger partial charge in [-0.1, -0.05) is 25.1 Å². The maximum Gasteiger partial charge on any atom is 0.573 e. The van der Waals surface area contributed by atoms with E-state index in [0.717, 1.165) is 0 Å². The Balaban J connectivity index is 1.58. The van der Waals surface area contributed by atoms with Gasteiger partial charge in [-0.15, -0.1) is 13.2 Å². The second-order valence-electron chi connectivity index (χ2n) is 7.66. The van der Waals surface area contributed by atoms with E-state index in [1.807, 2.05) is 0 Å². The maximum atomic E-state index is 13.1. The summed E-state index contributed by atoms with van der Waals surface area (Å²) >= 11 is 0. The first-order valence-electron chi connectivity index (χ1n) is 9.23. The first-order valence-corrected chi connectivity index (χ1v) is 9.23. The van der Waals surface area contributed by atoms with E-state index >= 15 is 0 Å². The van der Waals surface area contributed by atoms with Crippen molar-refractivity contribution in [1.82, 2.24) is 4.90 Å². The standard InChI is InChI=1S/C21H20F3NO4/c1-20(12-27-13-20)11-25-8-9-28-18-7-4-15(10-17(18)19(25)26)14-2-5-16(6-3-14)29-21(22,23)24/h2-7,10H,8-9,11-13H2,1H3. The molecule has 2 aromatic carbocycles. The van der Waals surface area contributed by atoms with Crippen LogP contribution in [0.2, 0.25) is 0 Å². The van der Waals surface area contributed by atoms with Crippen molar-refractivity contribution < 1.29 is 32.2 Å². The van der Waals surface area contributed by atoms with Crippen molar-refractivity contribution in [2.45, 2.75) is 13.3 Å². The van der Waals surface area contributed by atoms with Gasteiger partial charge in [-0.2, -0.15) is 0 Å². The highest BCUT2D eigenvalue weighted by Crippen LogP contribution is 2.33. The third-order valence-electron chi connectivity index (χ3n) is 5.01. The second-order valence-corrected chi connectivity index (χ2v) is 7.66. The average molecular weight is 407 g/mol. The molecule has 2 aliphatic heterocycles. The quantitative estimate of drug-likeness (QED) is 0.765. The summed E-state index contributed by atoms with van der Waals surface area (Å²) < 4.78 is 51.9. The van der Waals surface area contributed by atoms with Crippen LogP contribution >= 0.6 is 0 Å². The van der Waals surface area contributed by atoms with Crippen molar-refractivity contribution in [3.63, 3.8) is 0 Å². The van der Waals surface area contributed by atoms with Gasteiger partial charge in [0.15, 0.2) is 0 Å². The number of fused-ring (bicyclic) bond motifs is 1. The lowest BCUT2D eigenvalue weighted by molar-refractivity contribution is -0.274. The Morgan fingerprint density at radius 1 is 1.10 bits per heavy atom. The molecule has 2 heterocycles. The van der Waals surface area contributed by atoms with Crippen LogP contribution in [0, 0.1) is 5.41 Å². The molecule has 8 heteroatoms. The number of halogens is 3. The normalized spacial score (nSPS) is 18.3. The SMILES string of the molecule is CC1(CN2CCOc3ccc(-c4ccc(OC(F)(F)F)cc4)cc3C2=O)COC1. The summed E-state index contributed by atoms with van der Waals surface area (Å²) in [5.74, 6) is 0.0929. The number of amides is 1. The van der Waals surface area contributed by atoms with Crippen molar-refractivity contribution >= 4 is 5.91 Å². The van der Waals surface area contributed by atoms with Crippen LogP contribution in [0.5, 0.6) is 11.5 Å². The molecule has 1 fully saturated rings. The molecule has 2 aliphatic rings. The summed E-state index contributed by atoms with van der Waals surface area (Å²) in [6.45, 7) is 4.80. The number of benzene rings is 2. The van der Waals surface area contributed by atoms with E-state index < -0.39 is 6.36 Å². The number of rotatable bonds is 4. The van der Waals surface area contributed by atoms with E-state index in [9.17, 15) is 18.0 Å². The highest BCUT2D eigenvalue weighted by atomic mass is 19.4. The molecule has 0 N–H and O–H groups in total. The molecular formula is C21H20F3NO4. The van der Waals surface area contributed by atoms with Crippen LogP contribution in [0.15, 0.2) is 42.5 Å². The molecule has 0 unspecified atom stereocenters.